The molecule has 0 spiro atoms. The molecule has 1 saturated heterocycles. The molecule has 170 valence electrons. The number of rotatable bonds is 7. The van der Waals surface area contributed by atoms with E-state index >= 15 is 0 Å². The van der Waals surface area contributed by atoms with Gasteiger partial charge in [-0.05, 0) is 45.1 Å². The number of aliphatic imine (C=N–C) groups is 1. The van der Waals surface area contributed by atoms with E-state index in [1.54, 1.807) is 12.3 Å². The number of halogens is 1. The fraction of sp³-hybridized carbons (Fsp3) is 0.727. The summed E-state index contributed by atoms with van der Waals surface area (Å²) in [6.07, 6.45) is 11.7. The van der Waals surface area contributed by atoms with Crippen LogP contribution in [0.3, 0.4) is 0 Å². The first kappa shape index (κ1) is 25.0. The van der Waals surface area contributed by atoms with Gasteiger partial charge in [0.1, 0.15) is 0 Å². The van der Waals surface area contributed by atoms with E-state index in [9.17, 15) is 4.79 Å². The molecule has 0 atom stereocenters. The Bertz CT molecular complexity index is 664. The summed E-state index contributed by atoms with van der Waals surface area (Å²) in [6, 6.07) is 3.11. The number of carbonyl (C=O) groups is 1. The predicted molar refractivity (Wildman–Crippen MR) is 132 cm³/mol. The number of piperidine rings is 1. The minimum Gasteiger partial charge on any atom is -0.459 e. The minimum atomic E-state index is -0.153. The van der Waals surface area contributed by atoms with Gasteiger partial charge in [-0.2, -0.15) is 0 Å². The Kier molecular flexibility index (Phi) is 11.0. The maximum atomic E-state index is 12.0. The highest BCUT2D eigenvalue weighted by Gasteiger charge is 2.26. The molecule has 1 aliphatic carbocycles. The van der Waals surface area contributed by atoms with Gasteiger partial charge in [0.25, 0.3) is 5.91 Å². The number of hydrogen-bond donors (Lipinski definition) is 3. The number of aryl methyl sites for hydroxylation is 1. The van der Waals surface area contributed by atoms with Crippen molar-refractivity contribution in [1.82, 2.24) is 20.9 Å². The van der Waals surface area contributed by atoms with Gasteiger partial charge in [-0.15, -0.1) is 24.0 Å². The molecule has 1 aliphatic heterocycles. The molecule has 2 heterocycles. The van der Waals surface area contributed by atoms with Gasteiger partial charge in [-0.1, -0.05) is 19.3 Å². The summed E-state index contributed by atoms with van der Waals surface area (Å²) >= 11 is 0. The van der Waals surface area contributed by atoms with Crippen LogP contribution in [0.15, 0.2) is 21.7 Å². The van der Waals surface area contributed by atoms with Crippen molar-refractivity contribution in [3.05, 3.63) is 23.7 Å². The van der Waals surface area contributed by atoms with Gasteiger partial charge in [0, 0.05) is 50.9 Å². The molecule has 3 N–H and O–H groups in total. The third-order valence-electron chi connectivity index (χ3n) is 6.18. The van der Waals surface area contributed by atoms with Crippen molar-refractivity contribution in [1.29, 1.82) is 0 Å². The number of amides is 1. The maximum absolute atomic E-state index is 12.0. The molecular formula is C22H38IN5O2. The average molecular weight is 531 g/mol. The van der Waals surface area contributed by atoms with Gasteiger partial charge in [-0.25, -0.2) is 0 Å². The fourth-order valence-corrected chi connectivity index (χ4v) is 4.43. The van der Waals surface area contributed by atoms with Crippen molar-refractivity contribution >= 4 is 35.8 Å². The van der Waals surface area contributed by atoms with Crippen molar-refractivity contribution in [2.45, 2.75) is 70.4 Å². The topological polar surface area (TPSA) is 81.9 Å². The lowest BCUT2D eigenvalue weighted by molar-refractivity contribution is 0.0925. The highest BCUT2D eigenvalue weighted by molar-refractivity contribution is 14.0. The molecule has 7 nitrogen and oxygen atoms in total. The van der Waals surface area contributed by atoms with Gasteiger partial charge in [0.05, 0.1) is 6.26 Å². The van der Waals surface area contributed by atoms with Gasteiger partial charge >= 0.3 is 0 Å². The summed E-state index contributed by atoms with van der Waals surface area (Å²) in [5.74, 6) is 1.10. The average Bonchev–Trinajstić information content (AvgIpc) is 3.19. The van der Waals surface area contributed by atoms with E-state index in [1.807, 2.05) is 14.0 Å². The van der Waals surface area contributed by atoms with Crippen LogP contribution in [-0.2, 0) is 0 Å². The quantitative estimate of drug-likeness (QED) is 0.218. The van der Waals surface area contributed by atoms with Crippen LogP contribution in [0.25, 0.3) is 0 Å². The molecule has 0 unspecified atom stereocenters. The second-order valence-corrected chi connectivity index (χ2v) is 8.29. The first-order valence-electron chi connectivity index (χ1n) is 11.2. The lowest BCUT2D eigenvalue weighted by Gasteiger charge is -2.39. The highest BCUT2D eigenvalue weighted by atomic mass is 127. The number of likely N-dealkylation sites (tertiary alicyclic amines) is 1. The summed E-state index contributed by atoms with van der Waals surface area (Å²) < 4.78 is 5.21. The summed E-state index contributed by atoms with van der Waals surface area (Å²) in [6.45, 7) is 5.62. The summed E-state index contributed by atoms with van der Waals surface area (Å²) in [5, 5.41) is 9.83. The molecule has 0 radical (unpaired) electrons. The van der Waals surface area contributed by atoms with Crippen molar-refractivity contribution in [2.24, 2.45) is 4.99 Å². The number of furan rings is 1. The smallest absolute Gasteiger partial charge is 0.287 e. The molecule has 30 heavy (non-hydrogen) atoms. The van der Waals surface area contributed by atoms with Crippen molar-refractivity contribution in [3.63, 3.8) is 0 Å². The SMILES string of the molecule is CN=C(NCCCNC(=O)c1occc1C)NC1CCN(C2CCCCC2)CC1.I. The van der Waals surface area contributed by atoms with Gasteiger partial charge < -0.3 is 25.3 Å². The highest BCUT2D eigenvalue weighted by Crippen LogP contribution is 2.25. The van der Waals surface area contributed by atoms with Crippen LogP contribution in [-0.4, -0.2) is 62.1 Å². The summed E-state index contributed by atoms with van der Waals surface area (Å²) in [7, 11) is 1.81. The largest absolute Gasteiger partial charge is 0.459 e. The Morgan fingerprint density at radius 3 is 2.47 bits per heavy atom. The molecular weight excluding hydrogens is 493 g/mol. The Morgan fingerprint density at radius 1 is 1.13 bits per heavy atom. The van der Waals surface area contributed by atoms with Crippen LogP contribution in [0.5, 0.6) is 0 Å². The second-order valence-electron chi connectivity index (χ2n) is 8.29. The molecule has 0 aromatic carbocycles. The zero-order valence-electron chi connectivity index (χ0n) is 18.4. The Morgan fingerprint density at radius 2 is 1.83 bits per heavy atom. The van der Waals surface area contributed by atoms with E-state index < -0.39 is 0 Å². The number of nitrogens with one attached hydrogen (secondary N) is 3. The monoisotopic (exact) mass is 531 g/mol. The molecule has 1 saturated carbocycles. The molecule has 3 rings (SSSR count). The molecule has 1 aromatic rings. The molecule has 2 fully saturated rings. The first-order valence-corrected chi connectivity index (χ1v) is 11.2. The van der Waals surface area contributed by atoms with E-state index in [4.69, 9.17) is 4.42 Å². The van der Waals surface area contributed by atoms with Crippen molar-refractivity contribution < 1.29 is 9.21 Å². The van der Waals surface area contributed by atoms with E-state index in [1.165, 1.54) is 58.0 Å². The second kappa shape index (κ2) is 13.2. The minimum absolute atomic E-state index is 0. The third-order valence-corrected chi connectivity index (χ3v) is 6.18. The molecule has 2 aliphatic rings. The third kappa shape index (κ3) is 7.44. The predicted octanol–water partition coefficient (Wildman–Crippen LogP) is 3.29. The lowest BCUT2D eigenvalue weighted by atomic mass is 9.92. The fourth-order valence-electron chi connectivity index (χ4n) is 4.43. The van der Waals surface area contributed by atoms with Gasteiger partial charge in [0.2, 0.25) is 0 Å². The summed E-state index contributed by atoms with van der Waals surface area (Å²) in [5.41, 5.74) is 0.861. The van der Waals surface area contributed by atoms with Gasteiger partial charge in [0.15, 0.2) is 11.7 Å². The van der Waals surface area contributed by atoms with Crippen LogP contribution in [0.1, 0.15) is 67.5 Å². The molecule has 1 amide bonds. The number of hydrogen-bond acceptors (Lipinski definition) is 4. The van der Waals surface area contributed by atoms with E-state index in [2.05, 4.69) is 25.8 Å². The van der Waals surface area contributed by atoms with Crippen molar-refractivity contribution in [2.75, 3.05) is 33.2 Å². The number of guanidine groups is 1. The van der Waals surface area contributed by atoms with Crippen LogP contribution < -0.4 is 16.0 Å². The zero-order valence-corrected chi connectivity index (χ0v) is 20.7. The zero-order chi connectivity index (χ0) is 20.5. The van der Waals surface area contributed by atoms with E-state index in [0.717, 1.165) is 30.5 Å². The van der Waals surface area contributed by atoms with E-state index in [0.29, 0.717) is 18.3 Å². The Balaban J connectivity index is 0.00000320. The van der Waals surface area contributed by atoms with Crippen LogP contribution in [0.2, 0.25) is 0 Å². The first-order chi connectivity index (χ1) is 14.2. The van der Waals surface area contributed by atoms with Crippen molar-refractivity contribution in [3.8, 4) is 0 Å². The van der Waals surface area contributed by atoms with E-state index in [-0.39, 0.29) is 29.9 Å². The normalized spacial score (nSPS) is 19.2. The molecule has 8 heteroatoms. The number of nitrogens with zero attached hydrogens (tertiary/aromatic N) is 2. The Hall–Kier alpha value is -1.29. The molecule has 0 bridgehead atoms. The van der Waals surface area contributed by atoms with Crippen LogP contribution in [0, 0.1) is 6.92 Å². The van der Waals surface area contributed by atoms with Crippen LogP contribution >= 0.6 is 24.0 Å². The Labute approximate surface area is 197 Å². The summed E-state index contributed by atoms with van der Waals surface area (Å²) in [4.78, 5) is 19.1. The maximum Gasteiger partial charge on any atom is 0.287 e. The standard InChI is InChI=1S/C22H37N5O2.HI/c1-17-11-16-29-20(17)21(28)24-12-6-13-25-22(23-2)26-18-9-14-27(15-10-18)19-7-4-3-5-8-19;/h11,16,18-19H,3-10,12-15H2,1-2H3,(H,24,28)(H2,23,25,26);1H. The van der Waals surface area contributed by atoms with Gasteiger partial charge in [-0.3, -0.25) is 9.79 Å². The van der Waals surface area contributed by atoms with Crippen LogP contribution in [0.4, 0.5) is 0 Å². The lowest BCUT2D eigenvalue weighted by Crippen LogP contribution is -2.51. The molecule has 1 aromatic heterocycles. The number of carbonyl (C=O) groups excluding carboxylic acids is 1.